The Morgan fingerprint density at radius 1 is 0.935 bits per heavy atom. The number of nitrogen functional groups attached to an aromatic ring is 1. The van der Waals surface area contributed by atoms with Crippen LogP contribution in [0.1, 0.15) is 37.4 Å². The van der Waals surface area contributed by atoms with Gasteiger partial charge in [-0.1, -0.05) is 30.3 Å². The standard InChI is InChI=1S/C21H13N3O5S.Na/c22-10-11-4-3-5-12(8-11)24-15-9-16(30(27,28)29)19(23)18-17(15)20(25)13-6-1-2-7-14(13)21(18)26;/h1-9,24H,23H2,(H,27,28,29);/q;+1/p-1. The van der Waals surface area contributed by atoms with Crippen molar-refractivity contribution < 1.29 is 52.1 Å². The molecule has 0 amide bonds. The minimum atomic E-state index is -5.04. The molecule has 0 unspecified atom stereocenters. The minimum Gasteiger partial charge on any atom is -0.744 e. The maximum Gasteiger partial charge on any atom is 1.00 e. The zero-order valence-electron chi connectivity index (χ0n) is 16.2. The van der Waals surface area contributed by atoms with E-state index in [4.69, 9.17) is 11.0 Å². The average molecular weight is 441 g/mol. The van der Waals surface area contributed by atoms with Gasteiger partial charge in [0, 0.05) is 16.8 Å². The van der Waals surface area contributed by atoms with Gasteiger partial charge in [0.2, 0.25) is 0 Å². The molecular formula is C21H12N3NaO5S. The van der Waals surface area contributed by atoms with Crippen molar-refractivity contribution in [1.29, 1.82) is 5.26 Å². The van der Waals surface area contributed by atoms with Crippen LogP contribution in [0.4, 0.5) is 17.1 Å². The molecule has 0 heterocycles. The average Bonchev–Trinajstić information content (AvgIpc) is 2.72. The van der Waals surface area contributed by atoms with Gasteiger partial charge in [0.05, 0.1) is 39.0 Å². The Bertz CT molecular complexity index is 1410. The van der Waals surface area contributed by atoms with Crippen LogP contribution in [0.15, 0.2) is 59.5 Å². The van der Waals surface area contributed by atoms with Crippen molar-refractivity contribution in [2.75, 3.05) is 11.1 Å². The Morgan fingerprint density at radius 2 is 1.55 bits per heavy atom. The number of carbonyl (C=O) groups is 2. The summed E-state index contributed by atoms with van der Waals surface area (Å²) >= 11 is 0. The molecule has 1 aliphatic rings. The van der Waals surface area contributed by atoms with Crippen molar-refractivity contribution in [2.24, 2.45) is 0 Å². The molecule has 0 spiro atoms. The van der Waals surface area contributed by atoms with Crippen LogP contribution in [0.3, 0.4) is 0 Å². The van der Waals surface area contributed by atoms with E-state index in [1.807, 2.05) is 6.07 Å². The summed E-state index contributed by atoms with van der Waals surface area (Å²) in [6.45, 7) is 0. The van der Waals surface area contributed by atoms with E-state index in [9.17, 15) is 22.6 Å². The number of nitrogens with zero attached hydrogens (tertiary/aromatic N) is 1. The van der Waals surface area contributed by atoms with Crippen LogP contribution >= 0.6 is 0 Å². The monoisotopic (exact) mass is 441 g/mol. The molecule has 0 aromatic heterocycles. The number of ketones is 2. The number of rotatable bonds is 3. The van der Waals surface area contributed by atoms with Gasteiger partial charge in [-0.3, -0.25) is 9.59 Å². The molecule has 148 valence electrons. The molecule has 1 aliphatic carbocycles. The SMILES string of the molecule is N#Cc1cccc(Nc2cc(S(=O)(=O)[O-])c(N)c3c2C(=O)c2ccccc2C3=O)c1.[Na+]. The molecule has 0 saturated carbocycles. The number of hydrogen-bond acceptors (Lipinski definition) is 8. The summed E-state index contributed by atoms with van der Waals surface area (Å²) in [6, 6.07) is 15.2. The molecule has 0 aliphatic heterocycles. The van der Waals surface area contributed by atoms with Crippen LogP contribution in [0.2, 0.25) is 0 Å². The fourth-order valence-electron chi connectivity index (χ4n) is 3.42. The molecule has 0 saturated heterocycles. The molecule has 4 rings (SSSR count). The molecule has 10 heteroatoms. The maximum atomic E-state index is 13.2. The number of nitrogens with two attached hydrogens (primary N) is 1. The van der Waals surface area contributed by atoms with Crippen molar-refractivity contribution in [3.8, 4) is 6.07 Å². The number of carbonyl (C=O) groups excluding carboxylic acids is 2. The summed E-state index contributed by atoms with van der Waals surface area (Å²) in [5.74, 6) is -1.20. The summed E-state index contributed by atoms with van der Waals surface area (Å²) in [5, 5.41) is 11.9. The van der Waals surface area contributed by atoms with E-state index in [-0.39, 0.29) is 57.5 Å². The van der Waals surface area contributed by atoms with Gasteiger partial charge in [-0.15, -0.1) is 0 Å². The van der Waals surface area contributed by atoms with E-state index < -0.39 is 32.3 Å². The largest absolute Gasteiger partial charge is 1.00 e. The molecule has 8 nitrogen and oxygen atoms in total. The van der Waals surface area contributed by atoms with Gasteiger partial charge in [0.25, 0.3) is 0 Å². The molecule has 31 heavy (non-hydrogen) atoms. The fourth-order valence-corrected chi connectivity index (χ4v) is 4.05. The van der Waals surface area contributed by atoms with Crippen molar-refractivity contribution in [1.82, 2.24) is 0 Å². The number of hydrogen-bond donors (Lipinski definition) is 2. The fraction of sp³-hybridized carbons (Fsp3) is 0. The Hall–Kier alpha value is -3.00. The predicted molar refractivity (Wildman–Crippen MR) is 107 cm³/mol. The Labute approximate surface area is 199 Å². The molecule has 3 aromatic carbocycles. The van der Waals surface area contributed by atoms with E-state index in [2.05, 4.69) is 5.32 Å². The van der Waals surface area contributed by atoms with Crippen LogP contribution < -0.4 is 40.6 Å². The summed E-state index contributed by atoms with van der Waals surface area (Å²) in [7, 11) is -5.04. The second-order valence-corrected chi connectivity index (χ2v) is 7.91. The zero-order valence-corrected chi connectivity index (χ0v) is 19.0. The molecule has 0 fully saturated rings. The number of anilines is 3. The van der Waals surface area contributed by atoms with E-state index in [0.717, 1.165) is 6.07 Å². The summed E-state index contributed by atoms with van der Waals surface area (Å²) in [5.41, 5.74) is 5.65. The smallest absolute Gasteiger partial charge is 0.744 e. The maximum absolute atomic E-state index is 13.2. The van der Waals surface area contributed by atoms with Crippen molar-refractivity contribution in [2.45, 2.75) is 4.90 Å². The number of fused-ring (bicyclic) bond motifs is 2. The van der Waals surface area contributed by atoms with Gasteiger partial charge >= 0.3 is 29.6 Å². The first-order valence-corrected chi connectivity index (χ1v) is 10.0. The quantitative estimate of drug-likeness (QED) is 0.247. The topological polar surface area (TPSA) is 153 Å². The number of nitriles is 1. The van der Waals surface area contributed by atoms with E-state index in [1.165, 1.54) is 18.2 Å². The first-order valence-electron chi connectivity index (χ1n) is 8.60. The molecule has 0 radical (unpaired) electrons. The van der Waals surface area contributed by atoms with Crippen molar-refractivity contribution in [3.05, 3.63) is 82.4 Å². The molecule has 3 N–H and O–H groups in total. The van der Waals surface area contributed by atoms with Gasteiger partial charge in [0.1, 0.15) is 10.1 Å². The van der Waals surface area contributed by atoms with Gasteiger partial charge in [-0.2, -0.15) is 5.26 Å². The Balaban J connectivity index is 0.00000272. The van der Waals surface area contributed by atoms with Crippen LogP contribution in [-0.4, -0.2) is 24.5 Å². The number of benzene rings is 3. The van der Waals surface area contributed by atoms with Crippen molar-refractivity contribution in [3.63, 3.8) is 0 Å². The molecule has 0 atom stereocenters. The van der Waals surface area contributed by atoms with Gasteiger partial charge in [-0.05, 0) is 24.3 Å². The van der Waals surface area contributed by atoms with Crippen LogP contribution in [-0.2, 0) is 10.1 Å². The normalized spacial score (nSPS) is 12.3. The first kappa shape index (κ1) is 22.7. The van der Waals surface area contributed by atoms with Gasteiger partial charge in [-0.25, -0.2) is 8.42 Å². The Kier molecular flexibility index (Phi) is 6.04. The van der Waals surface area contributed by atoms with E-state index in [0.29, 0.717) is 11.3 Å². The second-order valence-electron chi connectivity index (χ2n) is 6.56. The molecule has 3 aromatic rings. The minimum absolute atomic E-state index is 0. The molecular weight excluding hydrogens is 429 g/mol. The van der Waals surface area contributed by atoms with Crippen molar-refractivity contribution >= 4 is 38.7 Å². The Morgan fingerprint density at radius 3 is 2.13 bits per heavy atom. The number of nitrogens with one attached hydrogen (secondary N) is 1. The third kappa shape index (κ3) is 3.87. The summed E-state index contributed by atoms with van der Waals surface area (Å²) in [4.78, 5) is 25.4. The van der Waals surface area contributed by atoms with Crippen LogP contribution in [0.5, 0.6) is 0 Å². The van der Waals surface area contributed by atoms with Crippen LogP contribution in [0.25, 0.3) is 0 Å². The third-order valence-electron chi connectivity index (χ3n) is 4.74. The second kappa shape index (κ2) is 8.26. The zero-order chi connectivity index (χ0) is 21.6. The van der Waals surface area contributed by atoms with Crippen LogP contribution in [0, 0.1) is 11.3 Å². The molecule has 0 bridgehead atoms. The first-order chi connectivity index (χ1) is 14.2. The van der Waals surface area contributed by atoms with E-state index in [1.54, 1.807) is 30.3 Å². The predicted octanol–water partition coefficient (Wildman–Crippen LogP) is -0.432. The summed E-state index contributed by atoms with van der Waals surface area (Å²) in [6.07, 6.45) is 0. The van der Waals surface area contributed by atoms with E-state index >= 15 is 0 Å². The summed E-state index contributed by atoms with van der Waals surface area (Å²) < 4.78 is 35.3. The van der Waals surface area contributed by atoms with Gasteiger partial charge < -0.3 is 15.6 Å². The van der Waals surface area contributed by atoms with Gasteiger partial charge in [0.15, 0.2) is 11.6 Å². The third-order valence-corrected chi connectivity index (χ3v) is 5.62.